The molecule has 1 unspecified atom stereocenters. The van der Waals surface area contributed by atoms with Crippen LogP contribution in [0.4, 0.5) is 5.69 Å². The Morgan fingerprint density at radius 2 is 1.97 bits per heavy atom. The molecule has 0 radical (unpaired) electrons. The fraction of sp³-hybridized carbons (Fsp3) is 0.273. The van der Waals surface area contributed by atoms with Crippen molar-refractivity contribution in [2.75, 3.05) is 5.32 Å². The minimum atomic E-state index is -0.545. The van der Waals surface area contributed by atoms with E-state index in [1.165, 1.54) is 18.7 Å². The Balaban J connectivity index is 1.91. The van der Waals surface area contributed by atoms with Crippen LogP contribution in [0.3, 0.4) is 0 Å². The molecule has 0 saturated heterocycles. The lowest BCUT2D eigenvalue weighted by Gasteiger charge is -2.17. The van der Waals surface area contributed by atoms with Gasteiger partial charge < -0.3 is 5.32 Å². The summed E-state index contributed by atoms with van der Waals surface area (Å²) in [5.74, 6) is -0.409. The van der Waals surface area contributed by atoms with Crippen molar-refractivity contribution >= 4 is 51.6 Å². The van der Waals surface area contributed by atoms with E-state index in [-0.39, 0.29) is 17.2 Å². The van der Waals surface area contributed by atoms with Crippen LogP contribution in [-0.2, 0) is 11.3 Å². The quantitative estimate of drug-likeness (QED) is 0.323. The fourth-order valence-corrected chi connectivity index (χ4v) is 4.13. The summed E-state index contributed by atoms with van der Waals surface area (Å²) < 4.78 is 1.59. The molecule has 2 aromatic carbocycles. The number of anilines is 1. The van der Waals surface area contributed by atoms with Gasteiger partial charge in [-0.15, -0.1) is 0 Å². The van der Waals surface area contributed by atoms with Gasteiger partial charge in [0.1, 0.15) is 0 Å². The Hall–Kier alpha value is -2.64. The normalized spacial score (nSPS) is 12.0. The first-order valence-electron chi connectivity index (χ1n) is 9.59. The Kier molecular flexibility index (Phi) is 6.95. The van der Waals surface area contributed by atoms with Gasteiger partial charge in [-0.25, -0.2) is 4.98 Å². The highest BCUT2D eigenvalue weighted by Gasteiger charge is 2.20. The number of rotatable bonds is 7. The molecule has 8 heteroatoms. The smallest absolute Gasteiger partial charge is 0.262 e. The largest absolute Gasteiger partial charge is 0.324 e. The van der Waals surface area contributed by atoms with Crippen molar-refractivity contribution in [3.63, 3.8) is 0 Å². The zero-order chi connectivity index (χ0) is 21.8. The van der Waals surface area contributed by atoms with Gasteiger partial charge >= 0.3 is 0 Å². The van der Waals surface area contributed by atoms with E-state index in [2.05, 4.69) is 10.3 Å². The summed E-state index contributed by atoms with van der Waals surface area (Å²) in [6.45, 7) is 5.66. The maximum Gasteiger partial charge on any atom is 0.262 e. The van der Waals surface area contributed by atoms with E-state index in [1.54, 1.807) is 54.0 Å². The number of carbonyl (C=O) groups is 2. The first-order chi connectivity index (χ1) is 14.3. The lowest BCUT2D eigenvalue weighted by atomic mass is 10.1. The number of nitrogens with one attached hydrogen (secondary N) is 1. The standard InChI is InChI=1S/C22H22ClN3O3S/c1-4-11-26-21(29)17-10-9-15(23)12-19(17)25-22(26)30-14(3)20(28)24-18-8-6-5-7-16(18)13(2)27/h5-10,12,14H,4,11H2,1-3H3,(H,24,28). The number of hydrogen-bond acceptors (Lipinski definition) is 5. The number of fused-ring (bicyclic) bond motifs is 1. The van der Waals surface area contributed by atoms with Crippen molar-refractivity contribution in [3.05, 3.63) is 63.4 Å². The van der Waals surface area contributed by atoms with Gasteiger partial charge in [0.15, 0.2) is 10.9 Å². The van der Waals surface area contributed by atoms with E-state index in [0.29, 0.717) is 38.9 Å². The van der Waals surface area contributed by atoms with Gasteiger partial charge in [-0.2, -0.15) is 0 Å². The summed E-state index contributed by atoms with van der Waals surface area (Å²) in [6.07, 6.45) is 0.751. The molecular weight excluding hydrogens is 422 g/mol. The number of benzene rings is 2. The van der Waals surface area contributed by atoms with Crippen LogP contribution in [0.5, 0.6) is 0 Å². The second kappa shape index (κ2) is 9.45. The lowest BCUT2D eigenvalue weighted by molar-refractivity contribution is -0.115. The Bertz CT molecular complexity index is 1180. The SMILES string of the molecule is CCCn1c(SC(C)C(=O)Nc2ccccc2C(C)=O)nc2cc(Cl)ccc2c1=O. The molecule has 156 valence electrons. The molecule has 1 N–H and O–H groups in total. The predicted molar refractivity (Wildman–Crippen MR) is 122 cm³/mol. The van der Waals surface area contributed by atoms with Gasteiger partial charge in [-0.1, -0.05) is 42.4 Å². The molecule has 1 amide bonds. The monoisotopic (exact) mass is 443 g/mol. The second-order valence-electron chi connectivity index (χ2n) is 6.86. The third-order valence-electron chi connectivity index (χ3n) is 4.55. The second-order valence-corrected chi connectivity index (χ2v) is 8.61. The summed E-state index contributed by atoms with van der Waals surface area (Å²) >= 11 is 7.26. The molecule has 0 spiro atoms. The third kappa shape index (κ3) is 4.74. The number of aromatic nitrogens is 2. The molecule has 6 nitrogen and oxygen atoms in total. The van der Waals surface area contributed by atoms with Crippen LogP contribution in [0, 0.1) is 0 Å². The zero-order valence-electron chi connectivity index (χ0n) is 16.9. The van der Waals surface area contributed by atoms with Crippen LogP contribution in [-0.4, -0.2) is 26.5 Å². The molecule has 30 heavy (non-hydrogen) atoms. The van der Waals surface area contributed by atoms with E-state index in [9.17, 15) is 14.4 Å². The molecule has 0 aliphatic rings. The Labute approximate surface area is 183 Å². The summed E-state index contributed by atoms with van der Waals surface area (Å²) in [5, 5.41) is 3.70. The number of thioether (sulfide) groups is 1. The number of nitrogens with zero attached hydrogens (tertiary/aromatic N) is 2. The maximum absolute atomic E-state index is 12.9. The number of amides is 1. The number of carbonyl (C=O) groups excluding carboxylic acids is 2. The summed E-state index contributed by atoms with van der Waals surface area (Å²) in [6, 6.07) is 11.8. The molecule has 0 fully saturated rings. The predicted octanol–water partition coefficient (Wildman–Crippen LogP) is 4.78. The number of ketones is 1. The molecule has 3 aromatic rings. The van der Waals surface area contributed by atoms with Gasteiger partial charge in [0.05, 0.1) is 21.8 Å². The van der Waals surface area contributed by atoms with Gasteiger partial charge in [0.25, 0.3) is 5.56 Å². The number of para-hydroxylation sites is 1. The van der Waals surface area contributed by atoms with Crippen molar-refractivity contribution in [2.24, 2.45) is 0 Å². The van der Waals surface area contributed by atoms with Crippen molar-refractivity contribution in [1.29, 1.82) is 0 Å². The topological polar surface area (TPSA) is 81.1 Å². The highest BCUT2D eigenvalue weighted by atomic mass is 35.5. The number of hydrogen-bond donors (Lipinski definition) is 1. The van der Waals surface area contributed by atoms with Crippen LogP contribution >= 0.6 is 23.4 Å². The van der Waals surface area contributed by atoms with Crippen LogP contribution in [0.2, 0.25) is 5.02 Å². The average Bonchev–Trinajstić information content (AvgIpc) is 2.70. The molecule has 1 heterocycles. The molecule has 1 aromatic heterocycles. The van der Waals surface area contributed by atoms with Crippen LogP contribution in [0.25, 0.3) is 10.9 Å². The van der Waals surface area contributed by atoms with Crippen molar-refractivity contribution in [3.8, 4) is 0 Å². The molecule has 0 bridgehead atoms. The zero-order valence-corrected chi connectivity index (χ0v) is 18.5. The minimum Gasteiger partial charge on any atom is -0.324 e. The first-order valence-corrected chi connectivity index (χ1v) is 10.8. The minimum absolute atomic E-state index is 0.129. The van der Waals surface area contributed by atoms with Crippen LogP contribution in [0.15, 0.2) is 52.4 Å². The molecule has 3 rings (SSSR count). The van der Waals surface area contributed by atoms with Gasteiger partial charge in [-0.3, -0.25) is 19.0 Å². The van der Waals surface area contributed by atoms with E-state index in [0.717, 1.165) is 6.42 Å². The van der Waals surface area contributed by atoms with E-state index in [1.807, 2.05) is 6.92 Å². The Morgan fingerprint density at radius 3 is 2.67 bits per heavy atom. The fourth-order valence-electron chi connectivity index (χ4n) is 3.03. The molecule has 0 aliphatic carbocycles. The highest BCUT2D eigenvalue weighted by Crippen LogP contribution is 2.25. The first kappa shape index (κ1) is 22.1. The number of halogens is 1. The van der Waals surface area contributed by atoms with Crippen LogP contribution in [0.1, 0.15) is 37.6 Å². The molecule has 0 aliphatic heterocycles. The van der Waals surface area contributed by atoms with Gasteiger partial charge in [-0.05, 0) is 50.6 Å². The molecule has 0 saturated carbocycles. The van der Waals surface area contributed by atoms with Crippen LogP contribution < -0.4 is 10.9 Å². The maximum atomic E-state index is 12.9. The summed E-state index contributed by atoms with van der Waals surface area (Å²) in [7, 11) is 0. The lowest BCUT2D eigenvalue weighted by Crippen LogP contribution is -2.27. The van der Waals surface area contributed by atoms with E-state index >= 15 is 0 Å². The van der Waals surface area contributed by atoms with Gasteiger partial charge in [0.2, 0.25) is 5.91 Å². The van der Waals surface area contributed by atoms with Crippen molar-refractivity contribution < 1.29 is 9.59 Å². The Morgan fingerprint density at radius 1 is 1.23 bits per heavy atom. The highest BCUT2D eigenvalue weighted by molar-refractivity contribution is 8.00. The molecular formula is C22H22ClN3O3S. The summed E-state index contributed by atoms with van der Waals surface area (Å²) in [5.41, 5.74) is 1.25. The third-order valence-corrected chi connectivity index (χ3v) is 5.87. The number of Topliss-reactive ketones (excluding diaryl/α,β-unsaturated/α-hetero) is 1. The van der Waals surface area contributed by atoms with Crippen molar-refractivity contribution in [2.45, 2.75) is 44.1 Å². The van der Waals surface area contributed by atoms with Crippen molar-refractivity contribution in [1.82, 2.24) is 9.55 Å². The average molecular weight is 444 g/mol. The van der Waals surface area contributed by atoms with Gasteiger partial charge in [0, 0.05) is 17.1 Å². The van der Waals surface area contributed by atoms with E-state index in [4.69, 9.17) is 11.6 Å². The van der Waals surface area contributed by atoms with E-state index < -0.39 is 5.25 Å². The summed E-state index contributed by atoms with van der Waals surface area (Å²) in [4.78, 5) is 42.1. The molecule has 1 atom stereocenters.